The Kier molecular flexibility index (Phi) is 5.97. The second kappa shape index (κ2) is 8.58. The number of nitrogens with one attached hydrogen (secondary N) is 1. The van der Waals surface area contributed by atoms with Crippen molar-refractivity contribution in [1.29, 1.82) is 0 Å². The first-order valence-corrected chi connectivity index (χ1v) is 9.10. The minimum Gasteiger partial charge on any atom is -0.350 e. The molecule has 4 heteroatoms. The number of carbonyl (C=O) groups is 1. The lowest BCUT2D eigenvalue weighted by Crippen LogP contribution is -2.32. The van der Waals surface area contributed by atoms with Crippen molar-refractivity contribution in [2.45, 2.75) is 32.7 Å². The molecule has 0 saturated heterocycles. The third kappa shape index (κ3) is 5.00. The van der Waals surface area contributed by atoms with E-state index < -0.39 is 0 Å². The monoisotopic (exact) mass is 362 g/mol. The number of nitrogens with zero attached hydrogens (tertiary/aromatic N) is 1. The summed E-state index contributed by atoms with van der Waals surface area (Å²) in [5.74, 6) is -0.322. The third-order valence-corrected chi connectivity index (χ3v) is 4.56. The van der Waals surface area contributed by atoms with Gasteiger partial charge in [0.25, 0.3) is 5.91 Å². The summed E-state index contributed by atoms with van der Waals surface area (Å²) < 4.78 is 13.9. The SMILES string of the molecule is Cc1ccc(C(=O)NC(C)CCc2ccc(-c3ccccc3F)cc2)cn1. The number of benzene rings is 2. The Bertz CT molecular complexity index is 904. The van der Waals surface area contributed by atoms with Gasteiger partial charge in [0.2, 0.25) is 0 Å². The number of hydrogen-bond acceptors (Lipinski definition) is 2. The lowest BCUT2D eigenvalue weighted by Gasteiger charge is -2.14. The average Bonchev–Trinajstić information content (AvgIpc) is 2.68. The highest BCUT2D eigenvalue weighted by molar-refractivity contribution is 5.94. The Morgan fingerprint density at radius 3 is 2.48 bits per heavy atom. The molecule has 138 valence electrons. The van der Waals surface area contributed by atoms with Gasteiger partial charge in [-0.3, -0.25) is 9.78 Å². The van der Waals surface area contributed by atoms with Crippen LogP contribution >= 0.6 is 0 Å². The van der Waals surface area contributed by atoms with E-state index in [1.165, 1.54) is 6.07 Å². The van der Waals surface area contributed by atoms with Crippen LogP contribution < -0.4 is 5.32 Å². The summed E-state index contributed by atoms with van der Waals surface area (Å²) in [6, 6.07) is 18.3. The summed E-state index contributed by atoms with van der Waals surface area (Å²) in [4.78, 5) is 16.4. The van der Waals surface area contributed by atoms with Gasteiger partial charge >= 0.3 is 0 Å². The van der Waals surface area contributed by atoms with Gasteiger partial charge in [-0.05, 0) is 56.0 Å². The van der Waals surface area contributed by atoms with Crippen LogP contribution in [0.3, 0.4) is 0 Å². The second-order valence-electron chi connectivity index (χ2n) is 6.78. The highest BCUT2D eigenvalue weighted by Crippen LogP contribution is 2.23. The van der Waals surface area contributed by atoms with Gasteiger partial charge in [-0.25, -0.2) is 4.39 Å². The normalized spacial score (nSPS) is 11.8. The van der Waals surface area contributed by atoms with E-state index in [-0.39, 0.29) is 17.8 Å². The van der Waals surface area contributed by atoms with E-state index in [1.807, 2.05) is 50.2 Å². The van der Waals surface area contributed by atoms with Crippen molar-refractivity contribution in [2.75, 3.05) is 0 Å². The number of amides is 1. The van der Waals surface area contributed by atoms with Gasteiger partial charge in [-0.2, -0.15) is 0 Å². The van der Waals surface area contributed by atoms with Crippen LogP contribution in [0, 0.1) is 12.7 Å². The van der Waals surface area contributed by atoms with Crippen LogP contribution in [0.15, 0.2) is 66.9 Å². The average molecular weight is 362 g/mol. The van der Waals surface area contributed by atoms with Crippen LogP contribution in [0.2, 0.25) is 0 Å². The summed E-state index contributed by atoms with van der Waals surface area (Å²) in [5, 5.41) is 3.00. The Morgan fingerprint density at radius 2 is 1.81 bits per heavy atom. The number of hydrogen-bond donors (Lipinski definition) is 1. The largest absolute Gasteiger partial charge is 0.350 e. The second-order valence-corrected chi connectivity index (χ2v) is 6.78. The van der Waals surface area contributed by atoms with Crippen molar-refractivity contribution in [1.82, 2.24) is 10.3 Å². The van der Waals surface area contributed by atoms with Crippen molar-refractivity contribution in [2.24, 2.45) is 0 Å². The van der Waals surface area contributed by atoms with E-state index in [2.05, 4.69) is 10.3 Å². The Labute approximate surface area is 159 Å². The zero-order chi connectivity index (χ0) is 19.2. The van der Waals surface area contributed by atoms with Crippen LogP contribution in [0.5, 0.6) is 0 Å². The molecule has 1 heterocycles. The van der Waals surface area contributed by atoms with Gasteiger partial charge in [-0.1, -0.05) is 42.5 Å². The zero-order valence-electron chi connectivity index (χ0n) is 15.6. The van der Waals surface area contributed by atoms with E-state index in [0.29, 0.717) is 11.1 Å². The van der Waals surface area contributed by atoms with Crippen molar-refractivity contribution in [3.05, 3.63) is 89.5 Å². The van der Waals surface area contributed by atoms with Crippen molar-refractivity contribution >= 4 is 5.91 Å². The molecule has 1 aromatic heterocycles. The smallest absolute Gasteiger partial charge is 0.253 e. The quantitative estimate of drug-likeness (QED) is 0.674. The fourth-order valence-electron chi connectivity index (χ4n) is 2.91. The maximum atomic E-state index is 13.9. The number of carbonyl (C=O) groups excluding carboxylic acids is 1. The zero-order valence-corrected chi connectivity index (χ0v) is 15.6. The van der Waals surface area contributed by atoms with Crippen molar-refractivity contribution < 1.29 is 9.18 Å². The molecule has 3 nitrogen and oxygen atoms in total. The first-order chi connectivity index (χ1) is 13.0. The molecule has 0 aliphatic heterocycles. The Morgan fingerprint density at radius 1 is 1.07 bits per heavy atom. The third-order valence-electron chi connectivity index (χ3n) is 4.56. The molecule has 0 spiro atoms. The summed E-state index contributed by atoms with van der Waals surface area (Å²) in [7, 11) is 0. The minimum absolute atomic E-state index is 0.0463. The van der Waals surface area contributed by atoms with Gasteiger partial charge in [0.1, 0.15) is 5.82 Å². The van der Waals surface area contributed by atoms with E-state index in [0.717, 1.165) is 29.7 Å². The standard InChI is InChI=1S/C23H23FN2O/c1-16-8-12-20(15-25-16)23(27)26-17(2)7-9-18-10-13-19(14-11-18)21-5-3-4-6-22(21)24/h3-6,8,10-15,17H,7,9H2,1-2H3,(H,26,27). The number of aromatic nitrogens is 1. The molecule has 3 aromatic rings. The molecule has 0 aliphatic rings. The molecule has 2 aromatic carbocycles. The number of rotatable bonds is 6. The Balaban J connectivity index is 1.54. The van der Waals surface area contributed by atoms with Gasteiger partial charge in [0.05, 0.1) is 5.56 Å². The molecule has 0 bridgehead atoms. The van der Waals surface area contributed by atoms with Crippen LogP contribution in [0.25, 0.3) is 11.1 Å². The van der Waals surface area contributed by atoms with E-state index in [1.54, 1.807) is 24.4 Å². The molecule has 1 amide bonds. The molecule has 1 N–H and O–H groups in total. The molecular weight excluding hydrogens is 339 g/mol. The van der Waals surface area contributed by atoms with Crippen LogP contribution in [0.1, 0.15) is 35.0 Å². The molecule has 27 heavy (non-hydrogen) atoms. The first-order valence-electron chi connectivity index (χ1n) is 9.10. The number of halogens is 1. The van der Waals surface area contributed by atoms with E-state index in [9.17, 15) is 9.18 Å². The maximum Gasteiger partial charge on any atom is 0.253 e. The number of pyridine rings is 1. The lowest BCUT2D eigenvalue weighted by atomic mass is 10.0. The molecule has 0 radical (unpaired) electrons. The van der Waals surface area contributed by atoms with Crippen molar-refractivity contribution in [3.8, 4) is 11.1 Å². The molecular formula is C23H23FN2O. The van der Waals surface area contributed by atoms with Gasteiger partial charge in [-0.15, -0.1) is 0 Å². The topological polar surface area (TPSA) is 42.0 Å². The van der Waals surface area contributed by atoms with Crippen LogP contribution in [0.4, 0.5) is 4.39 Å². The molecule has 0 saturated carbocycles. The van der Waals surface area contributed by atoms with Gasteiger partial charge < -0.3 is 5.32 Å². The number of aryl methyl sites for hydroxylation is 2. The molecule has 0 fully saturated rings. The highest BCUT2D eigenvalue weighted by Gasteiger charge is 2.10. The minimum atomic E-state index is -0.216. The molecule has 1 atom stereocenters. The summed E-state index contributed by atoms with van der Waals surface area (Å²) in [5.41, 5.74) is 4.09. The molecule has 1 unspecified atom stereocenters. The molecule has 3 rings (SSSR count). The molecule has 0 aliphatic carbocycles. The predicted molar refractivity (Wildman–Crippen MR) is 106 cm³/mol. The first kappa shape index (κ1) is 18.8. The van der Waals surface area contributed by atoms with Crippen molar-refractivity contribution in [3.63, 3.8) is 0 Å². The van der Waals surface area contributed by atoms with Gasteiger partial charge in [0.15, 0.2) is 0 Å². The Hall–Kier alpha value is -3.01. The van der Waals surface area contributed by atoms with E-state index in [4.69, 9.17) is 0 Å². The van der Waals surface area contributed by atoms with Gasteiger partial charge in [0, 0.05) is 23.5 Å². The summed E-state index contributed by atoms with van der Waals surface area (Å²) in [6.45, 7) is 3.88. The van der Waals surface area contributed by atoms with Crippen LogP contribution in [-0.4, -0.2) is 16.9 Å². The summed E-state index contributed by atoms with van der Waals surface area (Å²) >= 11 is 0. The lowest BCUT2D eigenvalue weighted by molar-refractivity contribution is 0.0938. The summed E-state index contributed by atoms with van der Waals surface area (Å²) in [6.07, 6.45) is 3.26. The maximum absolute atomic E-state index is 13.9. The predicted octanol–water partition coefficient (Wildman–Crippen LogP) is 4.95. The highest BCUT2D eigenvalue weighted by atomic mass is 19.1. The fourth-order valence-corrected chi connectivity index (χ4v) is 2.91. The van der Waals surface area contributed by atoms with Crippen LogP contribution in [-0.2, 0) is 6.42 Å². The fraction of sp³-hybridized carbons (Fsp3) is 0.217. The van der Waals surface area contributed by atoms with E-state index >= 15 is 0 Å².